The van der Waals surface area contributed by atoms with E-state index in [1.807, 2.05) is 37.3 Å². The normalized spacial score (nSPS) is 12.9. The summed E-state index contributed by atoms with van der Waals surface area (Å²) in [6.45, 7) is 3.95. The molecule has 2 rings (SSSR count). The molecule has 22 heavy (non-hydrogen) atoms. The van der Waals surface area contributed by atoms with E-state index in [2.05, 4.69) is 32.5 Å². The number of nitrogens with zero attached hydrogens (tertiary/aromatic N) is 1. The van der Waals surface area contributed by atoms with Gasteiger partial charge in [-0.3, -0.25) is 0 Å². The molecular formula is C17H23N3OS. The summed E-state index contributed by atoms with van der Waals surface area (Å²) in [5.41, 5.74) is 2.34. The van der Waals surface area contributed by atoms with Gasteiger partial charge in [-0.2, -0.15) is 11.3 Å². The first kappa shape index (κ1) is 16.5. The highest BCUT2D eigenvalue weighted by Gasteiger charge is 2.06. The zero-order valence-corrected chi connectivity index (χ0v) is 13.6. The Hall–Kier alpha value is -1.85. The van der Waals surface area contributed by atoms with Crippen LogP contribution < -0.4 is 10.6 Å². The average Bonchev–Trinajstić information content (AvgIpc) is 3.04. The van der Waals surface area contributed by atoms with Crippen LogP contribution in [-0.2, 0) is 13.0 Å². The van der Waals surface area contributed by atoms with Crippen LogP contribution in [0, 0.1) is 0 Å². The van der Waals surface area contributed by atoms with Crippen LogP contribution in [0.15, 0.2) is 52.2 Å². The van der Waals surface area contributed by atoms with Crippen molar-refractivity contribution in [3.63, 3.8) is 0 Å². The van der Waals surface area contributed by atoms with E-state index < -0.39 is 6.10 Å². The largest absolute Gasteiger partial charge is 0.391 e. The van der Waals surface area contributed by atoms with E-state index in [1.54, 1.807) is 11.3 Å². The predicted molar refractivity (Wildman–Crippen MR) is 93.3 cm³/mol. The topological polar surface area (TPSA) is 56.7 Å². The van der Waals surface area contributed by atoms with E-state index in [-0.39, 0.29) is 0 Å². The van der Waals surface area contributed by atoms with E-state index in [4.69, 9.17) is 0 Å². The van der Waals surface area contributed by atoms with Gasteiger partial charge < -0.3 is 15.7 Å². The van der Waals surface area contributed by atoms with Crippen molar-refractivity contribution in [2.45, 2.75) is 26.0 Å². The maximum Gasteiger partial charge on any atom is 0.191 e. The molecule has 0 aliphatic rings. The summed E-state index contributed by atoms with van der Waals surface area (Å²) in [4.78, 5) is 4.52. The summed E-state index contributed by atoms with van der Waals surface area (Å²) in [5, 5.41) is 20.7. The molecule has 0 fully saturated rings. The van der Waals surface area contributed by atoms with Gasteiger partial charge in [0, 0.05) is 19.5 Å². The van der Waals surface area contributed by atoms with Crippen molar-refractivity contribution < 1.29 is 5.11 Å². The minimum absolute atomic E-state index is 0.438. The fourth-order valence-corrected chi connectivity index (χ4v) is 2.73. The Bertz CT molecular complexity index is 555. The summed E-state index contributed by atoms with van der Waals surface area (Å²) in [5.74, 6) is 0.737. The van der Waals surface area contributed by atoms with Crippen LogP contribution >= 0.6 is 11.3 Å². The van der Waals surface area contributed by atoms with Crippen molar-refractivity contribution >= 4 is 17.3 Å². The molecule has 2 aromatic rings. The lowest BCUT2D eigenvalue weighted by Gasteiger charge is -2.15. The Kier molecular flexibility index (Phi) is 6.93. The molecule has 0 saturated heterocycles. The van der Waals surface area contributed by atoms with Crippen molar-refractivity contribution in [3.8, 4) is 0 Å². The molecule has 118 valence electrons. The van der Waals surface area contributed by atoms with E-state index in [0.717, 1.165) is 18.1 Å². The van der Waals surface area contributed by atoms with Crippen LogP contribution in [0.25, 0.3) is 0 Å². The third-order valence-electron chi connectivity index (χ3n) is 3.16. The number of hydrogen-bond acceptors (Lipinski definition) is 3. The van der Waals surface area contributed by atoms with Crippen LogP contribution in [0.3, 0.4) is 0 Å². The molecule has 0 aliphatic heterocycles. The van der Waals surface area contributed by atoms with Gasteiger partial charge in [-0.25, -0.2) is 4.99 Å². The number of guanidine groups is 1. The Morgan fingerprint density at radius 3 is 2.68 bits per heavy atom. The molecule has 0 aliphatic carbocycles. The Morgan fingerprint density at radius 2 is 2.00 bits per heavy atom. The summed E-state index contributed by atoms with van der Waals surface area (Å²) in [6, 6.07) is 12.1. The standard InChI is InChI=1S/C17H23N3OS/c1-2-18-17(19-11-15-8-9-22-13-15)20-12-16(21)10-14-6-4-3-5-7-14/h3-9,13,16,21H,2,10-12H2,1H3,(H2,18,19,20). The van der Waals surface area contributed by atoms with Crippen LogP contribution in [0.4, 0.5) is 0 Å². The zero-order valence-electron chi connectivity index (χ0n) is 12.8. The molecule has 1 unspecified atom stereocenters. The number of nitrogens with one attached hydrogen (secondary N) is 2. The van der Waals surface area contributed by atoms with Gasteiger partial charge in [-0.15, -0.1) is 0 Å². The molecule has 4 nitrogen and oxygen atoms in total. The minimum atomic E-state index is -0.438. The third kappa shape index (κ3) is 5.87. The first-order valence-electron chi connectivity index (χ1n) is 7.53. The summed E-state index contributed by atoms with van der Waals surface area (Å²) in [7, 11) is 0. The van der Waals surface area contributed by atoms with Gasteiger partial charge in [-0.05, 0) is 34.9 Å². The number of rotatable bonds is 7. The van der Waals surface area contributed by atoms with Gasteiger partial charge in [0.05, 0.1) is 12.6 Å². The lowest BCUT2D eigenvalue weighted by Crippen LogP contribution is -2.41. The van der Waals surface area contributed by atoms with Crippen LogP contribution in [0.2, 0.25) is 0 Å². The molecular weight excluding hydrogens is 294 g/mol. The number of hydrogen-bond donors (Lipinski definition) is 3. The monoisotopic (exact) mass is 317 g/mol. The molecule has 0 saturated carbocycles. The fraction of sp³-hybridized carbons (Fsp3) is 0.353. The molecule has 1 aromatic heterocycles. The molecule has 1 heterocycles. The smallest absolute Gasteiger partial charge is 0.191 e. The average molecular weight is 317 g/mol. The number of aliphatic hydroxyl groups is 1. The van der Waals surface area contributed by atoms with E-state index in [1.165, 1.54) is 5.56 Å². The molecule has 0 radical (unpaired) electrons. The SMILES string of the molecule is CCNC(=NCc1ccsc1)NCC(O)Cc1ccccc1. The number of aliphatic imine (C=N–C) groups is 1. The van der Waals surface area contributed by atoms with Crippen molar-refractivity contribution in [2.24, 2.45) is 4.99 Å². The zero-order chi connectivity index (χ0) is 15.6. The quantitative estimate of drug-likeness (QED) is 0.543. The van der Waals surface area contributed by atoms with Gasteiger partial charge in [0.15, 0.2) is 5.96 Å². The van der Waals surface area contributed by atoms with Gasteiger partial charge >= 0.3 is 0 Å². The Morgan fingerprint density at radius 1 is 1.18 bits per heavy atom. The molecule has 0 amide bonds. The van der Waals surface area contributed by atoms with E-state index in [9.17, 15) is 5.11 Å². The molecule has 1 atom stereocenters. The predicted octanol–water partition coefficient (Wildman–Crippen LogP) is 2.41. The van der Waals surface area contributed by atoms with Crippen LogP contribution in [0.1, 0.15) is 18.1 Å². The number of benzene rings is 1. The lowest BCUT2D eigenvalue weighted by molar-refractivity contribution is 0.177. The first-order chi connectivity index (χ1) is 10.8. The maximum atomic E-state index is 10.1. The second-order valence-electron chi connectivity index (χ2n) is 5.05. The van der Waals surface area contributed by atoms with Crippen molar-refractivity contribution in [2.75, 3.05) is 13.1 Å². The second kappa shape index (κ2) is 9.23. The number of aliphatic hydroxyl groups excluding tert-OH is 1. The van der Waals surface area contributed by atoms with Crippen LogP contribution in [-0.4, -0.2) is 30.3 Å². The minimum Gasteiger partial charge on any atom is -0.391 e. The summed E-state index contributed by atoms with van der Waals surface area (Å²) >= 11 is 1.67. The van der Waals surface area contributed by atoms with Gasteiger partial charge in [0.1, 0.15) is 0 Å². The molecule has 3 N–H and O–H groups in total. The lowest BCUT2D eigenvalue weighted by atomic mass is 10.1. The molecule has 0 bridgehead atoms. The molecule has 0 spiro atoms. The third-order valence-corrected chi connectivity index (χ3v) is 3.90. The highest BCUT2D eigenvalue weighted by molar-refractivity contribution is 7.07. The van der Waals surface area contributed by atoms with E-state index >= 15 is 0 Å². The van der Waals surface area contributed by atoms with Gasteiger partial charge in [-0.1, -0.05) is 30.3 Å². The van der Waals surface area contributed by atoms with Crippen molar-refractivity contribution in [3.05, 3.63) is 58.3 Å². The molecule has 1 aromatic carbocycles. The Balaban J connectivity index is 1.81. The Labute approximate surface area is 135 Å². The van der Waals surface area contributed by atoms with Crippen molar-refractivity contribution in [1.29, 1.82) is 0 Å². The maximum absolute atomic E-state index is 10.1. The summed E-state index contributed by atoms with van der Waals surface area (Å²) < 4.78 is 0. The summed E-state index contributed by atoms with van der Waals surface area (Å²) in [6.07, 6.45) is 0.199. The van der Waals surface area contributed by atoms with E-state index in [0.29, 0.717) is 19.5 Å². The second-order valence-corrected chi connectivity index (χ2v) is 5.83. The molecule has 5 heteroatoms. The number of thiophene rings is 1. The van der Waals surface area contributed by atoms with Gasteiger partial charge in [0.2, 0.25) is 0 Å². The fourth-order valence-electron chi connectivity index (χ4n) is 2.07. The highest BCUT2D eigenvalue weighted by Crippen LogP contribution is 2.07. The first-order valence-corrected chi connectivity index (χ1v) is 8.47. The van der Waals surface area contributed by atoms with Gasteiger partial charge in [0.25, 0.3) is 0 Å². The van der Waals surface area contributed by atoms with Crippen molar-refractivity contribution in [1.82, 2.24) is 10.6 Å². The van der Waals surface area contributed by atoms with Crippen LogP contribution in [0.5, 0.6) is 0 Å². The highest BCUT2D eigenvalue weighted by atomic mass is 32.1.